The second-order valence-electron chi connectivity index (χ2n) is 11.3. The minimum atomic E-state index is -4.81. The van der Waals surface area contributed by atoms with Crippen LogP contribution in [0.5, 0.6) is 0 Å². The number of rotatable bonds is 8. The average Bonchev–Trinajstić information content (AvgIpc) is 3.46. The Bertz CT molecular complexity index is 1890. The maximum absolute atomic E-state index is 16.5. The van der Waals surface area contributed by atoms with Gasteiger partial charge in [0.1, 0.15) is 33.9 Å². The number of sulfonamides is 1. The van der Waals surface area contributed by atoms with Crippen LogP contribution in [0.25, 0.3) is 27.3 Å². The molecule has 0 radical (unpaired) electrons. The number of halogens is 3. The van der Waals surface area contributed by atoms with Crippen molar-refractivity contribution in [2.24, 2.45) is 0 Å². The normalized spacial score (nSPS) is 13.8. The molecule has 9 nitrogen and oxygen atoms in total. The number of ether oxygens (including phenoxy) is 2. The van der Waals surface area contributed by atoms with Crippen molar-refractivity contribution in [3.8, 4) is 21.7 Å². The Kier molecular flexibility index (Phi) is 9.52. The topological polar surface area (TPSA) is 102 Å². The number of hydrogen-bond donors (Lipinski definition) is 0. The third-order valence-electron chi connectivity index (χ3n) is 6.91. The molecule has 5 rings (SSSR count). The molecule has 4 aromatic rings. The van der Waals surface area contributed by atoms with E-state index >= 15 is 4.39 Å². The van der Waals surface area contributed by atoms with Gasteiger partial charge in [-0.3, -0.25) is 4.98 Å². The first-order chi connectivity index (χ1) is 21.8. The second kappa shape index (κ2) is 13.2. The summed E-state index contributed by atoms with van der Waals surface area (Å²) in [5, 5.41) is 0.596. The standard InChI is InChI=1S/C32H31F3N4O5S2/c1-32(2,3)44-31(40)38-16-12-21(13-17-38)30-37-28(29(45-30)20-10-14-36-15-11-20)23-6-5-7-25(27(23)35)39(19-43-4)46(41,42)26-18-22(33)8-9-24(26)34/h5-12,14-15,18H,13,16-17,19H2,1-4H3. The maximum Gasteiger partial charge on any atom is 0.410 e. The van der Waals surface area contributed by atoms with Crippen molar-refractivity contribution in [3.05, 3.63) is 89.5 Å². The zero-order chi connectivity index (χ0) is 33.2. The highest BCUT2D eigenvalue weighted by Gasteiger charge is 2.32. The van der Waals surface area contributed by atoms with Gasteiger partial charge in [-0.15, -0.1) is 11.3 Å². The van der Waals surface area contributed by atoms with Crippen LogP contribution in [0, 0.1) is 17.5 Å². The van der Waals surface area contributed by atoms with Gasteiger partial charge in [-0.1, -0.05) is 12.1 Å². The molecule has 0 spiro atoms. The van der Waals surface area contributed by atoms with Crippen LogP contribution in [-0.4, -0.2) is 61.9 Å². The maximum atomic E-state index is 16.5. The molecule has 0 saturated heterocycles. The van der Waals surface area contributed by atoms with E-state index in [0.717, 1.165) is 11.6 Å². The SMILES string of the molecule is COCN(c1cccc(-c2nc(C3=CCN(C(=O)OC(C)(C)C)CC3)sc2-c2ccncc2)c1F)S(=O)(=O)c1cc(F)ccc1F. The number of nitrogens with zero attached hydrogens (tertiary/aromatic N) is 4. The van der Waals surface area contributed by atoms with Crippen LogP contribution in [0.1, 0.15) is 32.2 Å². The highest BCUT2D eigenvalue weighted by atomic mass is 32.2. The number of pyridine rings is 1. The lowest BCUT2D eigenvalue weighted by molar-refractivity contribution is 0.0270. The summed E-state index contributed by atoms with van der Waals surface area (Å²) in [6, 6.07) is 9.61. The predicted octanol–water partition coefficient (Wildman–Crippen LogP) is 7.11. The van der Waals surface area contributed by atoms with Crippen LogP contribution in [0.4, 0.5) is 23.7 Å². The first kappa shape index (κ1) is 33.1. The predicted molar refractivity (Wildman–Crippen MR) is 169 cm³/mol. The van der Waals surface area contributed by atoms with E-state index in [9.17, 15) is 22.0 Å². The number of benzene rings is 2. The Hall–Kier alpha value is -4.27. The molecule has 0 aliphatic carbocycles. The van der Waals surface area contributed by atoms with Crippen molar-refractivity contribution in [2.45, 2.75) is 37.7 Å². The molecule has 0 atom stereocenters. The van der Waals surface area contributed by atoms with Crippen LogP contribution in [0.2, 0.25) is 0 Å². The van der Waals surface area contributed by atoms with Crippen LogP contribution < -0.4 is 4.31 Å². The number of carbonyl (C=O) groups excluding carboxylic acids is 1. The molecule has 0 fully saturated rings. The fourth-order valence-corrected chi connectivity index (χ4v) is 7.38. The molecule has 0 N–H and O–H groups in total. The molecule has 1 aliphatic rings. The summed E-state index contributed by atoms with van der Waals surface area (Å²) in [4.78, 5) is 22.7. The van der Waals surface area contributed by atoms with Gasteiger partial charge in [0.2, 0.25) is 0 Å². The first-order valence-corrected chi connectivity index (χ1v) is 16.4. The fraction of sp³-hybridized carbons (Fsp3) is 0.281. The van der Waals surface area contributed by atoms with Gasteiger partial charge in [-0.25, -0.2) is 35.7 Å². The van der Waals surface area contributed by atoms with Crippen LogP contribution in [0.3, 0.4) is 0 Å². The molecule has 242 valence electrons. The van der Waals surface area contributed by atoms with Gasteiger partial charge < -0.3 is 14.4 Å². The smallest absolute Gasteiger partial charge is 0.410 e. The van der Waals surface area contributed by atoms with Crippen molar-refractivity contribution in [2.75, 3.05) is 31.2 Å². The Morgan fingerprint density at radius 2 is 1.83 bits per heavy atom. The van der Waals surface area contributed by atoms with E-state index in [1.807, 2.05) is 6.08 Å². The van der Waals surface area contributed by atoms with Gasteiger partial charge in [-0.05, 0) is 80.8 Å². The van der Waals surface area contributed by atoms with Crippen molar-refractivity contribution >= 4 is 38.7 Å². The minimum absolute atomic E-state index is 0.0189. The fourth-order valence-electron chi connectivity index (χ4n) is 4.77. The van der Waals surface area contributed by atoms with Crippen LogP contribution in [0.15, 0.2) is 71.9 Å². The number of carbonyl (C=O) groups is 1. The van der Waals surface area contributed by atoms with Crippen LogP contribution in [-0.2, 0) is 19.5 Å². The van der Waals surface area contributed by atoms with Crippen molar-refractivity contribution in [1.82, 2.24) is 14.9 Å². The van der Waals surface area contributed by atoms with E-state index in [1.165, 1.54) is 36.6 Å². The first-order valence-electron chi connectivity index (χ1n) is 14.1. The van der Waals surface area contributed by atoms with E-state index in [2.05, 4.69) is 4.98 Å². The number of anilines is 1. The molecule has 1 aliphatic heterocycles. The van der Waals surface area contributed by atoms with Gasteiger partial charge in [0.05, 0.1) is 16.3 Å². The second-order valence-corrected chi connectivity index (χ2v) is 14.2. The Morgan fingerprint density at radius 1 is 1.09 bits per heavy atom. The summed E-state index contributed by atoms with van der Waals surface area (Å²) in [5.74, 6) is -3.13. The highest BCUT2D eigenvalue weighted by molar-refractivity contribution is 7.92. The van der Waals surface area contributed by atoms with Crippen molar-refractivity contribution in [1.29, 1.82) is 0 Å². The quantitative estimate of drug-likeness (QED) is 0.184. The van der Waals surface area contributed by atoms with Crippen molar-refractivity contribution in [3.63, 3.8) is 0 Å². The zero-order valence-corrected chi connectivity index (χ0v) is 27.1. The lowest BCUT2D eigenvalue weighted by Gasteiger charge is -2.29. The Labute approximate surface area is 269 Å². The van der Waals surface area contributed by atoms with E-state index in [0.29, 0.717) is 51.4 Å². The molecule has 0 bridgehead atoms. The molecule has 2 aromatic carbocycles. The summed E-state index contributed by atoms with van der Waals surface area (Å²) in [6.07, 6.45) is 5.10. The molecule has 14 heteroatoms. The summed E-state index contributed by atoms with van der Waals surface area (Å²) in [5.41, 5.74) is 0.708. The average molecular weight is 673 g/mol. The van der Waals surface area contributed by atoms with E-state index < -0.39 is 56.5 Å². The summed E-state index contributed by atoms with van der Waals surface area (Å²) >= 11 is 1.32. The van der Waals surface area contributed by atoms with E-state index in [-0.39, 0.29) is 11.3 Å². The summed E-state index contributed by atoms with van der Waals surface area (Å²) in [7, 11) is -3.62. The molecule has 1 amide bonds. The zero-order valence-electron chi connectivity index (χ0n) is 25.5. The van der Waals surface area contributed by atoms with Gasteiger partial charge in [-0.2, -0.15) is 0 Å². The van der Waals surface area contributed by atoms with Crippen molar-refractivity contribution < 1.29 is 35.9 Å². The van der Waals surface area contributed by atoms with Gasteiger partial charge in [0.15, 0.2) is 5.82 Å². The van der Waals surface area contributed by atoms with E-state index in [4.69, 9.17) is 14.5 Å². The number of thiazole rings is 1. The van der Waals surface area contributed by atoms with Crippen LogP contribution >= 0.6 is 11.3 Å². The molecule has 46 heavy (non-hydrogen) atoms. The largest absolute Gasteiger partial charge is 0.444 e. The lowest BCUT2D eigenvalue weighted by atomic mass is 10.1. The molecular formula is C32H31F3N4O5S2. The van der Waals surface area contributed by atoms with Gasteiger partial charge in [0, 0.05) is 38.2 Å². The third-order valence-corrected chi connectivity index (χ3v) is 9.85. The monoisotopic (exact) mass is 672 g/mol. The molecule has 0 unspecified atom stereocenters. The number of methoxy groups -OCH3 is 1. The molecular weight excluding hydrogens is 642 g/mol. The minimum Gasteiger partial charge on any atom is -0.444 e. The van der Waals surface area contributed by atoms with Gasteiger partial charge >= 0.3 is 6.09 Å². The number of aromatic nitrogens is 2. The van der Waals surface area contributed by atoms with E-state index in [1.54, 1.807) is 50.2 Å². The number of hydrogen-bond acceptors (Lipinski definition) is 8. The lowest BCUT2D eigenvalue weighted by Crippen LogP contribution is -2.39. The number of amides is 1. The Morgan fingerprint density at radius 3 is 2.48 bits per heavy atom. The third kappa shape index (κ3) is 6.93. The molecule has 3 heterocycles. The highest BCUT2D eigenvalue weighted by Crippen LogP contribution is 2.43. The molecule has 0 saturated carbocycles. The summed E-state index contributed by atoms with van der Waals surface area (Å²) in [6.45, 7) is 5.40. The summed E-state index contributed by atoms with van der Waals surface area (Å²) < 4.78 is 83.3. The molecule has 2 aromatic heterocycles. The van der Waals surface area contributed by atoms with Gasteiger partial charge in [0.25, 0.3) is 10.0 Å². The Balaban J connectivity index is 1.58.